The van der Waals surface area contributed by atoms with E-state index in [1.807, 2.05) is 6.20 Å². The van der Waals surface area contributed by atoms with Gasteiger partial charge in [0.15, 0.2) is 0 Å². The summed E-state index contributed by atoms with van der Waals surface area (Å²) in [4.78, 5) is 4.21. The number of hydrogen-bond donors (Lipinski definition) is 1. The van der Waals surface area contributed by atoms with Crippen LogP contribution in [0.2, 0.25) is 0 Å². The van der Waals surface area contributed by atoms with Crippen molar-refractivity contribution in [3.05, 3.63) is 53.6 Å². The van der Waals surface area contributed by atoms with Gasteiger partial charge in [0.1, 0.15) is 5.82 Å². The maximum Gasteiger partial charge on any atom is 0.122 e. The Morgan fingerprint density at radius 2 is 1.94 bits per heavy atom. The van der Waals surface area contributed by atoms with E-state index in [0.717, 1.165) is 12.4 Å². The fourth-order valence-corrected chi connectivity index (χ4v) is 1.88. The molecule has 0 radical (unpaired) electrons. The molecule has 0 unspecified atom stereocenters. The lowest BCUT2D eigenvalue weighted by Gasteiger charge is -2.09. The van der Waals surface area contributed by atoms with Crippen LogP contribution in [0, 0.1) is 0 Å². The van der Waals surface area contributed by atoms with Crippen molar-refractivity contribution in [1.82, 2.24) is 9.55 Å². The molecule has 0 aliphatic heterocycles. The Morgan fingerprint density at radius 1 is 1.24 bits per heavy atom. The van der Waals surface area contributed by atoms with Crippen LogP contribution in [-0.2, 0) is 13.1 Å². The van der Waals surface area contributed by atoms with Crippen LogP contribution in [0.1, 0.15) is 36.7 Å². The second-order valence-corrected chi connectivity index (χ2v) is 4.57. The zero-order valence-corrected chi connectivity index (χ0v) is 10.4. The molecule has 0 saturated heterocycles. The molecule has 0 spiro atoms. The number of hydrogen-bond acceptors (Lipinski definition) is 2. The van der Waals surface area contributed by atoms with Crippen LogP contribution >= 0.6 is 0 Å². The third-order valence-corrected chi connectivity index (χ3v) is 2.98. The summed E-state index contributed by atoms with van der Waals surface area (Å²) < 4.78 is 2.09. The van der Waals surface area contributed by atoms with E-state index < -0.39 is 0 Å². The van der Waals surface area contributed by atoms with Crippen LogP contribution in [-0.4, -0.2) is 9.55 Å². The van der Waals surface area contributed by atoms with Gasteiger partial charge in [0.05, 0.1) is 6.54 Å². The van der Waals surface area contributed by atoms with Gasteiger partial charge in [-0.05, 0) is 17.0 Å². The van der Waals surface area contributed by atoms with Gasteiger partial charge >= 0.3 is 0 Å². The van der Waals surface area contributed by atoms with Gasteiger partial charge < -0.3 is 10.3 Å². The summed E-state index contributed by atoms with van der Waals surface area (Å²) in [5.41, 5.74) is 8.28. The number of nitrogens with two attached hydrogens (primary N) is 1. The molecule has 0 bridgehead atoms. The molecule has 2 aromatic rings. The van der Waals surface area contributed by atoms with Gasteiger partial charge in [0, 0.05) is 18.9 Å². The van der Waals surface area contributed by atoms with Crippen molar-refractivity contribution in [2.24, 2.45) is 5.73 Å². The highest BCUT2D eigenvalue weighted by Crippen LogP contribution is 2.15. The molecule has 0 aliphatic rings. The van der Waals surface area contributed by atoms with Crippen molar-refractivity contribution >= 4 is 0 Å². The molecule has 1 aromatic heterocycles. The predicted molar refractivity (Wildman–Crippen MR) is 69.8 cm³/mol. The average Bonchev–Trinajstić information content (AvgIpc) is 2.77. The van der Waals surface area contributed by atoms with E-state index in [-0.39, 0.29) is 0 Å². The third kappa shape index (κ3) is 2.74. The Balaban J connectivity index is 2.14. The maximum absolute atomic E-state index is 5.63. The fourth-order valence-electron chi connectivity index (χ4n) is 1.88. The molecule has 2 N–H and O–H groups in total. The number of benzene rings is 1. The van der Waals surface area contributed by atoms with Crippen molar-refractivity contribution in [3.8, 4) is 0 Å². The van der Waals surface area contributed by atoms with E-state index in [4.69, 9.17) is 5.73 Å². The topological polar surface area (TPSA) is 43.8 Å². The molecule has 0 amide bonds. The molecular weight excluding hydrogens is 210 g/mol. The molecule has 1 aromatic carbocycles. The summed E-state index contributed by atoms with van der Waals surface area (Å²) >= 11 is 0. The minimum atomic E-state index is 0.483. The lowest BCUT2D eigenvalue weighted by molar-refractivity contribution is 0.723. The van der Waals surface area contributed by atoms with Gasteiger partial charge in [0.2, 0.25) is 0 Å². The highest BCUT2D eigenvalue weighted by molar-refractivity contribution is 5.25. The normalized spacial score (nSPS) is 11.1. The van der Waals surface area contributed by atoms with Gasteiger partial charge in [-0.15, -0.1) is 0 Å². The highest BCUT2D eigenvalue weighted by Gasteiger charge is 2.02. The first-order chi connectivity index (χ1) is 8.20. The molecule has 3 nitrogen and oxygen atoms in total. The van der Waals surface area contributed by atoms with Crippen LogP contribution in [0.4, 0.5) is 0 Å². The smallest absolute Gasteiger partial charge is 0.122 e. The highest BCUT2D eigenvalue weighted by atomic mass is 15.1. The van der Waals surface area contributed by atoms with E-state index in [1.54, 1.807) is 6.20 Å². The molecule has 1 heterocycles. The molecule has 90 valence electrons. The molecule has 0 atom stereocenters. The van der Waals surface area contributed by atoms with Crippen LogP contribution < -0.4 is 5.73 Å². The summed E-state index contributed by atoms with van der Waals surface area (Å²) in [6.45, 7) is 5.73. The Bertz CT molecular complexity index is 468. The van der Waals surface area contributed by atoms with Crippen molar-refractivity contribution in [1.29, 1.82) is 0 Å². The first-order valence-electron chi connectivity index (χ1n) is 5.99. The van der Waals surface area contributed by atoms with Gasteiger partial charge in [-0.25, -0.2) is 4.98 Å². The number of rotatable bonds is 4. The van der Waals surface area contributed by atoms with E-state index in [1.165, 1.54) is 11.1 Å². The van der Waals surface area contributed by atoms with Crippen molar-refractivity contribution in [2.45, 2.75) is 32.9 Å². The van der Waals surface area contributed by atoms with Crippen molar-refractivity contribution < 1.29 is 0 Å². The molecule has 3 heteroatoms. The Labute approximate surface area is 102 Å². The first kappa shape index (κ1) is 11.9. The van der Waals surface area contributed by atoms with E-state index in [2.05, 4.69) is 47.7 Å². The second-order valence-electron chi connectivity index (χ2n) is 4.57. The summed E-state index contributed by atoms with van der Waals surface area (Å²) in [7, 11) is 0. The standard InChI is InChI=1S/C14H19N3/c1-11(2)13-5-3-12(4-6-13)10-17-8-7-16-14(17)9-15/h3-8,11H,9-10,15H2,1-2H3. The lowest BCUT2D eigenvalue weighted by Crippen LogP contribution is -2.08. The van der Waals surface area contributed by atoms with Crippen molar-refractivity contribution in [3.63, 3.8) is 0 Å². The average molecular weight is 229 g/mol. The zero-order chi connectivity index (χ0) is 12.3. The Kier molecular flexibility index (Phi) is 3.59. The zero-order valence-electron chi connectivity index (χ0n) is 10.4. The van der Waals surface area contributed by atoms with Crippen molar-refractivity contribution in [2.75, 3.05) is 0 Å². The van der Waals surface area contributed by atoms with E-state index in [0.29, 0.717) is 12.5 Å². The van der Waals surface area contributed by atoms with Gasteiger partial charge in [-0.2, -0.15) is 0 Å². The minimum Gasteiger partial charge on any atom is -0.329 e. The summed E-state index contributed by atoms with van der Waals surface area (Å²) in [6, 6.07) is 8.74. The molecule has 0 aliphatic carbocycles. The summed E-state index contributed by atoms with van der Waals surface area (Å²) in [5, 5.41) is 0. The quantitative estimate of drug-likeness (QED) is 0.875. The molecule has 17 heavy (non-hydrogen) atoms. The van der Waals surface area contributed by atoms with Crippen LogP contribution in [0.25, 0.3) is 0 Å². The second kappa shape index (κ2) is 5.15. The van der Waals surface area contributed by atoms with Gasteiger partial charge in [-0.1, -0.05) is 38.1 Å². The SMILES string of the molecule is CC(C)c1ccc(Cn2ccnc2CN)cc1. The number of nitrogens with zero attached hydrogens (tertiary/aromatic N) is 2. The third-order valence-electron chi connectivity index (χ3n) is 2.98. The van der Waals surface area contributed by atoms with E-state index in [9.17, 15) is 0 Å². The van der Waals surface area contributed by atoms with Gasteiger partial charge in [-0.3, -0.25) is 0 Å². The van der Waals surface area contributed by atoms with Crippen LogP contribution in [0.3, 0.4) is 0 Å². The Morgan fingerprint density at radius 3 is 2.53 bits per heavy atom. The largest absolute Gasteiger partial charge is 0.329 e. The minimum absolute atomic E-state index is 0.483. The monoisotopic (exact) mass is 229 g/mol. The number of aromatic nitrogens is 2. The first-order valence-corrected chi connectivity index (χ1v) is 5.99. The van der Waals surface area contributed by atoms with Gasteiger partial charge in [0.25, 0.3) is 0 Å². The number of imidazole rings is 1. The van der Waals surface area contributed by atoms with Crippen LogP contribution in [0.5, 0.6) is 0 Å². The molecule has 0 fully saturated rings. The Hall–Kier alpha value is -1.61. The molecule has 0 saturated carbocycles. The fraction of sp³-hybridized carbons (Fsp3) is 0.357. The summed E-state index contributed by atoms with van der Waals surface area (Å²) in [6.07, 6.45) is 3.77. The van der Waals surface area contributed by atoms with E-state index >= 15 is 0 Å². The van der Waals surface area contributed by atoms with Crippen LogP contribution in [0.15, 0.2) is 36.7 Å². The molecule has 2 rings (SSSR count). The lowest BCUT2D eigenvalue weighted by atomic mass is 10.0. The summed E-state index contributed by atoms with van der Waals surface area (Å²) in [5.74, 6) is 1.51. The maximum atomic E-state index is 5.63. The molecular formula is C14H19N3. The predicted octanol–water partition coefficient (Wildman–Crippen LogP) is 2.51.